The molecule has 1 aliphatic rings. The Kier molecular flexibility index (Phi) is 7.40. The van der Waals surface area contributed by atoms with Crippen molar-refractivity contribution in [3.05, 3.63) is 59.1 Å². The van der Waals surface area contributed by atoms with Gasteiger partial charge in [-0.1, -0.05) is 11.6 Å². The molecule has 0 spiro atoms. The molecule has 0 radical (unpaired) electrons. The van der Waals surface area contributed by atoms with Gasteiger partial charge in [0, 0.05) is 46.7 Å². The number of halogens is 1. The van der Waals surface area contributed by atoms with E-state index in [0.29, 0.717) is 30.1 Å². The van der Waals surface area contributed by atoms with E-state index < -0.39 is 0 Å². The first-order chi connectivity index (χ1) is 13.6. The van der Waals surface area contributed by atoms with Gasteiger partial charge in [0.15, 0.2) is 5.78 Å². The zero-order valence-corrected chi connectivity index (χ0v) is 17.5. The minimum atomic E-state index is -0.0131. The van der Waals surface area contributed by atoms with Crippen LogP contribution in [0.25, 0.3) is 0 Å². The molecule has 148 valence electrons. The number of ether oxygens (including phenoxy) is 1. The summed E-state index contributed by atoms with van der Waals surface area (Å²) in [5.74, 6) is 1.80. The smallest absolute Gasteiger partial charge is 0.223 e. The highest BCUT2D eigenvalue weighted by atomic mass is 35.5. The Morgan fingerprint density at radius 3 is 2.32 bits per heavy atom. The number of carbonyl (C=O) groups excluding carboxylic acids is 2. The highest BCUT2D eigenvalue weighted by molar-refractivity contribution is 7.99. The van der Waals surface area contributed by atoms with E-state index in [0.717, 1.165) is 29.2 Å². The molecule has 1 amide bonds. The lowest BCUT2D eigenvalue weighted by Gasteiger charge is -2.31. The maximum atomic E-state index is 12.7. The fourth-order valence-corrected chi connectivity index (χ4v) is 4.29. The number of carbonyl (C=O) groups is 2. The first-order valence-corrected chi connectivity index (χ1v) is 10.8. The Morgan fingerprint density at radius 2 is 1.71 bits per heavy atom. The van der Waals surface area contributed by atoms with Crippen LogP contribution < -0.4 is 4.74 Å². The molecule has 0 unspecified atom stereocenters. The Hall–Kier alpha value is -1.98. The lowest BCUT2D eigenvalue weighted by molar-refractivity contribution is -0.131. The van der Waals surface area contributed by atoms with Crippen LogP contribution in [0.2, 0.25) is 5.02 Å². The molecule has 1 aliphatic heterocycles. The SMILES string of the molecule is COc1ccc(C(=O)C2CCN(C(=O)CCSc3ccc(Cl)cc3)CC2)cc1. The fraction of sp³-hybridized carbons (Fsp3) is 0.364. The summed E-state index contributed by atoms with van der Waals surface area (Å²) in [6.07, 6.45) is 1.95. The molecular weight excluding hydrogens is 394 g/mol. The van der Waals surface area contributed by atoms with Crippen LogP contribution in [-0.2, 0) is 4.79 Å². The standard InChI is InChI=1S/C22H24ClNO3S/c1-27-19-6-2-16(3-7-19)22(26)17-10-13-24(14-11-17)21(25)12-15-28-20-8-4-18(23)5-9-20/h2-9,17H,10-15H2,1H3. The van der Waals surface area contributed by atoms with Crippen molar-refractivity contribution in [3.8, 4) is 5.75 Å². The molecule has 3 rings (SSSR count). The molecule has 1 heterocycles. The zero-order valence-electron chi connectivity index (χ0n) is 15.9. The number of Topliss-reactive ketones (excluding diaryl/α,β-unsaturated/α-hetero) is 1. The molecule has 0 saturated carbocycles. The summed E-state index contributed by atoms with van der Waals surface area (Å²) in [5, 5.41) is 0.715. The number of benzene rings is 2. The molecule has 0 N–H and O–H groups in total. The van der Waals surface area contributed by atoms with Gasteiger partial charge in [-0.25, -0.2) is 0 Å². The molecular formula is C22H24ClNO3S. The predicted molar refractivity (Wildman–Crippen MR) is 113 cm³/mol. The summed E-state index contributed by atoms with van der Waals surface area (Å²) in [7, 11) is 1.61. The minimum Gasteiger partial charge on any atom is -0.497 e. The molecule has 0 aliphatic carbocycles. The highest BCUT2D eigenvalue weighted by Crippen LogP contribution is 2.25. The van der Waals surface area contributed by atoms with Crippen LogP contribution in [0.4, 0.5) is 0 Å². The number of hydrogen-bond acceptors (Lipinski definition) is 4. The predicted octanol–water partition coefficient (Wildman–Crippen LogP) is 4.95. The average molecular weight is 418 g/mol. The molecule has 28 heavy (non-hydrogen) atoms. The van der Waals surface area contributed by atoms with Crippen LogP contribution in [0, 0.1) is 5.92 Å². The van der Waals surface area contributed by atoms with Crippen molar-refractivity contribution in [2.24, 2.45) is 5.92 Å². The van der Waals surface area contributed by atoms with Crippen LogP contribution in [0.15, 0.2) is 53.4 Å². The Bertz CT molecular complexity index is 800. The van der Waals surface area contributed by atoms with E-state index in [1.54, 1.807) is 18.9 Å². The third-order valence-electron chi connectivity index (χ3n) is 4.99. The van der Waals surface area contributed by atoms with E-state index in [9.17, 15) is 9.59 Å². The number of nitrogens with zero attached hydrogens (tertiary/aromatic N) is 1. The van der Waals surface area contributed by atoms with Crippen molar-refractivity contribution in [2.75, 3.05) is 26.0 Å². The van der Waals surface area contributed by atoms with E-state index in [1.165, 1.54) is 0 Å². The van der Waals surface area contributed by atoms with Crippen LogP contribution >= 0.6 is 23.4 Å². The van der Waals surface area contributed by atoms with Gasteiger partial charge in [-0.2, -0.15) is 0 Å². The highest BCUT2D eigenvalue weighted by Gasteiger charge is 2.27. The number of thioether (sulfide) groups is 1. The normalized spacial score (nSPS) is 14.7. The Labute approximate surface area is 175 Å². The molecule has 2 aromatic rings. The van der Waals surface area contributed by atoms with Crippen molar-refractivity contribution >= 4 is 35.1 Å². The lowest BCUT2D eigenvalue weighted by atomic mass is 9.89. The van der Waals surface area contributed by atoms with Gasteiger partial charge in [-0.15, -0.1) is 11.8 Å². The Morgan fingerprint density at radius 1 is 1.07 bits per heavy atom. The number of hydrogen-bond donors (Lipinski definition) is 0. The monoisotopic (exact) mass is 417 g/mol. The van der Waals surface area contributed by atoms with Gasteiger partial charge in [-0.05, 0) is 61.4 Å². The van der Waals surface area contributed by atoms with E-state index in [1.807, 2.05) is 53.4 Å². The summed E-state index contributed by atoms with van der Waals surface area (Å²) in [6, 6.07) is 14.9. The average Bonchev–Trinajstić information content (AvgIpc) is 2.74. The zero-order chi connectivity index (χ0) is 19.9. The van der Waals surface area contributed by atoms with Crippen molar-refractivity contribution < 1.29 is 14.3 Å². The van der Waals surface area contributed by atoms with Crippen LogP contribution in [0.1, 0.15) is 29.6 Å². The molecule has 0 atom stereocenters. The van der Waals surface area contributed by atoms with Crippen molar-refractivity contribution in [1.29, 1.82) is 0 Å². The summed E-state index contributed by atoms with van der Waals surface area (Å²) in [4.78, 5) is 28.1. The maximum absolute atomic E-state index is 12.7. The number of methoxy groups -OCH3 is 1. The summed E-state index contributed by atoms with van der Waals surface area (Å²) in [6.45, 7) is 1.30. The van der Waals surface area contributed by atoms with E-state index in [2.05, 4.69) is 0 Å². The van der Waals surface area contributed by atoms with Gasteiger partial charge in [0.05, 0.1) is 7.11 Å². The van der Waals surface area contributed by atoms with Crippen molar-refractivity contribution in [2.45, 2.75) is 24.2 Å². The fourth-order valence-electron chi connectivity index (χ4n) is 3.33. The molecule has 2 aromatic carbocycles. The minimum absolute atomic E-state index is 0.0131. The van der Waals surface area contributed by atoms with Gasteiger partial charge in [0.2, 0.25) is 5.91 Å². The number of amides is 1. The van der Waals surface area contributed by atoms with Crippen LogP contribution in [0.5, 0.6) is 5.75 Å². The van der Waals surface area contributed by atoms with Crippen LogP contribution in [0.3, 0.4) is 0 Å². The third-order valence-corrected chi connectivity index (χ3v) is 6.26. The van der Waals surface area contributed by atoms with Crippen molar-refractivity contribution in [1.82, 2.24) is 4.90 Å². The van der Waals surface area contributed by atoms with Gasteiger partial charge < -0.3 is 9.64 Å². The lowest BCUT2D eigenvalue weighted by Crippen LogP contribution is -2.40. The molecule has 1 fully saturated rings. The summed E-state index contributed by atoms with van der Waals surface area (Å²) >= 11 is 7.54. The van der Waals surface area contributed by atoms with Crippen LogP contribution in [-0.4, -0.2) is 42.5 Å². The molecule has 0 aromatic heterocycles. The quantitative estimate of drug-likeness (QED) is 0.472. The van der Waals surface area contributed by atoms with Gasteiger partial charge in [0.25, 0.3) is 0 Å². The first-order valence-electron chi connectivity index (χ1n) is 9.41. The third kappa shape index (κ3) is 5.52. The topological polar surface area (TPSA) is 46.6 Å². The van der Waals surface area contributed by atoms with E-state index in [-0.39, 0.29) is 17.6 Å². The van der Waals surface area contributed by atoms with Gasteiger partial charge >= 0.3 is 0 Å². The Balaban J connectivity index is 1.43. The summed E-state index contributed by atoms with van der Waals surface area (Å²) < 4.78 is 5.14. The molecule has 0 bridgehead atoms. The van der Waals surface area contributed by atoms with E-state index in [4.69, 9.17) is 16.3 Å². The van der Waals surface area contributed by atoms with Gasteiger partial charge in [0.1, 0.15) is 5.75 Å². The molecule has 4 nitrogen and oxygen atoms in total. The first kappa shape index (κ1) is 20.7. The molecule has 1 saturated heterocycles. The second kappa shape index (κ2) is 9.99. The summed E-state index contributed by atoms with van der Waals surface area (Å²) in [5.41, 5.74) is 0.713. The van der Waals surface area contributed by atoms with E-state index >= 15 is 0 Å². The number of ketones is 1. The second-order valence-electron chi connectivity index (χ2n) is 6.80. The second-order valence-corrected chi connectivity index (χ2v) is 8.40. The molecule has 6 heteroatoms. The van der Waals surface area contributed by atoms with Crippen molar-refractivity contribution in [3.63, 3.8) is 0 Å². The number of rotatable bonds is 7. The largest absolute Gasteiger partial charge is 0.497 e. The number of likely N-dealkylation sites (tertiary alicyclic amines) is 1. The van der Waals surface area contributed by atoms with Gasteiger partial charge in [-0.3, -0.25) is 9.59 Å². The maximum Gasteiger partial charge on any atom is 0.223 e. The number of piperidine rings is 1.